The van der Waals surface area contributed by atoms with Crippen LogP contribution >= 0.6 is 23.5 Å². The van der Waals surface area contributed by atoms with Crippen LogP contribution in [0.15, 0.2) is 38.8 Å². The van der Waals surface area contributed by atoms with Crippen LogP contribution in [0.5, 0.6) is 0 Å². The number of anilines is 1. The number of para-hydroxylation sites is 1. The second kappa shape index (κ2) is 7.96. The van der Waals surface area contributed by atoms with Crippen LogP contribution in [-0.4, -0.2) is 25.5 Å². The molecule has 1 aromatic heterocycles. The highest BCUT2D eigenvalue weighted by Gasteiger charge is 2.21. The van der Waals surface area contributed by atoms with Crippen molar-refractivity contribution in [3.8, 4) is 0 Å². The number of rotatable bonds is 5. The van der Waals surface area contributed by atoms with Crippen molar-refractivity contribution >= 4 is 45.2 Å². The van der Waals surface area contributed by atoms with Crippen LogP contribution in [0.1, 0.15) is 29.3 Å². The Morgan fingerprint density at radius 2 is 2.15 bits per heavy atom. The Morgan fingerprint density at radius 3 is 2.92 bits per heavy atom. The van der Waals surface area contributed by atoms with Gasteiger partial charge in [-0.3, -0.25) is 19.1 Å². The number of hydrogen-bond acceptors (Lipinski definition) is 7. The van der Waals surface area contributed by atoms with E-state index in [1.54, 1.807) is 11.8 Å². The molecule has 2 aromatic rings. The van der Waals surface area contributed by atoms with Gasteiger partial charge in [-0.15, -0.1) is 0 Å². The normalized spacial score (nSPS) is 13.2. The number of H-pyrrole nitrogens is 1. The average molecular weight is 390 g/mol. The minimum Gasteiger partial charge on any atom is -0.384 e. The summed E-state index contributed by atoms with van der Waals surface area (Å²) in [6.45, 7) is 2.22. The van der Waals surface area contributed by atoms with Gasteiger partial charge in [-0.2, -0.15) is 0 Å². The Bertz CT molecular complexity index is 994. The third-order valence-electron chi connectivity index (χ3n) is 3.85. The fourth-order valence-corrected chi connectivity index (χ4v) is 4.52. The Kier molecular flexibility index (Phi) is 5.67. The van der Waals surface area contributed by atoms with Gasteiger partial charge in [0.25, 0.3) is 5.56 Å². The molecule has 136 valence electrons. The lowest BCUT2D eigenvalue weighted by atomic mass is 10.2. The highest BCUT2D eigenvalue weighted by Crippen LogP contribution is 2.34. The SMILES string of the molecule is CCCn1c(N)c(C(=O)CSC2=Nc3ccccc3CS2)c(=O)[nH]c1=O. The van der Waals surface area contributed by atoms with Crippen LogP contribution in [0, 0.1) is 0 Å². The van der Waals surface area contributed by atoms with Gasteiger partial charge in [0.2, 0.25) is 0 Å². The van der Waals surface area contributed by atoms with Crippen molar-refractivity contribution in [3.63, 3.8) is 0 Å². The van der Waals surface area contributed by atoms with Gasteiger partial charge in [-0.25, -0.2) is 9.79 Å². The number of benzene rings is 1. The van der Waals surface area contributed by atoms with E-state index in [9.17, 15) is 14.4 Å². The van der Waals surface area contributed by atoms with Gasteiger partial charge >= 0.3 is 5.69 Å². The first-order chi connectivity index (χ1) is 12.5. The van der Waals surface area contributed by atoms with Gasteiger partial charge in [-0.05, 0) is 18.1 Å². The fourth-order valence-electron chi connectivity index (χ4n) is 2.59. The lowest BCUT2D eigenvalue weighted by Crippen LogP contribution is -2.36. The van der Waals surface area contributed by atoms with Gasteiger partial charge in [0.1, 0.15) is 15.8 Å². The first-order valence-electron chi connectivity index (χ1n) is 8.09. The molecule has 9 heteroatoms. The van der Waals surface area contributed by atoms with Crippen LogP contribution in [0.2, 0.25) is 0 Å². The monoisotopic (exact) mass is 390 g/mol. The van der Waals surface area contributed by atoms with E-state index >= 15 is 0 Å². The first-order valence-corrected chi connectivity index (χ1v) is 10.1. The molecule has 3 rings (SSSR count). The highest BCUT2D eigenvalue weighted by atomic mass is 32.2. The Hall–Kier alpha value is -2.26. The Morgan fingerprint density at radius 1 is 1.38 bits per heavy atom. The molecular weight excluding hydrogens is 372 g/mol. The average Bonchev–Trinajstić information content (AvgIpc) is 2.63. The number of nitrogens with one attached hydrogen (secondary N) is 1. The maximum Gasteiger partial charge on any atom is 0.329 e. The zero-order chi connectivity index (χ0) is 18.7. The molecule has 0 unspecified atom stereocenters. The summed E-state index contributed by atoms with van der Waals surface area (Å²) in [7, 11) is 0. The summed E-state index contributed by atoms with van der Waals surface area (Å²) >= 11 is 2.83. The van der Waals surface area contributed by atoms with Crippen molar-refractivity contribution in [1.29, 1.82) is 0 Å². The second-order valence-corrected chi connectivity index (χ2v) is 7.86. The van der Waals surface area contributed by atoms with Crippen molar-refractivity contribution in [2.24, 2.45) is 4.99 Å². The number of Topliss-reactive ketones (excluding diaryl/α,β-unsaturated/α-hetero) is 1. The lowest BCUT2D eigenvalue weighted by Gasteiger charge is -2.14. The molecule has 0 amide bonds. The minimum absolute atomic E-state index is 0.0333. The summed E-state index contributed by atoms with van der Waals surface area (Å²) in [4.78, 5) is 43.1. The summed E-state index contributed by atoms with van der Waals surface area (Å²) < 4.78 is 2.00. The van der Waals surface area contributed by atoms with Crippen molar-refractivity contribution in [2.75, 3.05) is 11.5 Å². The van der Waals surface area contributed by atoms with E-state index in [2.05, 4.69) is 9.98 Å². The van der Waals surface area contributed by atoms with Crippen molar-refractivity contribution in [2.45, 2.75) is 25.6 Å². The summed E-state index contributed by atoms with van der Waals surface area (Å²) in [5, 5.41) is 0. The molecule has 0 bridgehead atoms. The molecule has 0 saturated heterocycles. The third-order valence-corrected chi connectivity index (χ3v) is 6.09. The number of fused-ring (bicyclic) bond motifs is 1. The molecule has 0 spiro atoms. The predicted molar refractivity (Wildman–Crippen MR) is 108 cm³/mol. The Labute approximate surface area is 158 Å². The van der Waals surface area contributed by atoms with Crippen molar-refractivity contribution in [1.82, 2.24) is 9.55 Å². The number of aliphatic imine (C=N–C) groups is 1. The van der Waals surface area contributed by atoms with Crippen LogP contribution in [0.4, 0.5) is 11.5 Å². The van der Waals surface area contributed by atoms with Crippen molar-refractivity contribution in [3.05, 3.63) is 56.2 Å². The van der Waals surface area contributed by atoms with Crippen LogP contribution in [-0.2, 0) is 12.3 Å². The first kappa shape index (κ1) is 18.5. The maximum absolute atomic E-state index is 12.5. The van der Waals surface area contributed by atoms with Gasteiger partial charge in [0.05, 0.1) is 11.4 Å². The molecule has 1 aliphatic rings. The summed E-state index contributed by atoms with van der Waals surface area (Å²) in [5.74, 6) is 0.335. The number of aromatic nitrogens is 2. The second-order valence-electron chi connectivity index (χ2n) is 5.68. The van der Waals surface area contributed by atoms with Gasteiger partial charge in [0, 0.05) is 12.3 Å². The molecule has 1 aliphatic heterocycles. The number of ketones is 1. The maximum atomic E-state index is 12.5. The standard InChI is InChI=1S/C17H18N4O3S2/c1-2-7-21-14(18)13(15(23)20-16(21)24)12(22)9-26-17-19-11-6-4-3-5-10(11)8-25-17/h3-6H,2,7-9,18H2,1H3,(H,20,23,24). The van der Waals surface area contributed by atoms with E-state index in [1.807, 2.05) is 31.2 Å². The fraction of sp³-hybridized carbons (Fsp3) is 0.294. The van der Waals surface area contributed by atoms with E-state index < -0.39 is 17.0 Å². The van der Waals surface area contributed by atoms with Crippen LogP contribution < -0.4 is 17.0 Å². The molecule has 1 aromatic carbocycles. The van der Waals surface area contributed by atoms with Gasteiger partial charge < -0.3 is 5.73 Å². The number of carbonyl (C=O) groups is 1. The Balaban J connectivity index is 1.79. The lowest BCUT2D eigenvalue weighted by molar-refractivity contribution is 0.102. The smallest absolute Gasteiger partial charge is 0.329 e. The van der Waals surface area contributed by atoms with Crippen LogP contribution in [0.3, 0.4) is 0 Å². The molecule has 0 radical (unpaired) electrons. The number of carbonyl (C=O) groups excluding carboxylic acids is 1. The number of aromatic amines is 1. The number of nitrogen functional groups attached to an aromatic ring is 1. The van der Waals surface area contributed by atoms with E-state index in [-0.39, 0.29) is 17.1 Å². The molecular formula is C17H18N4O3S2. The molecule has 7 nitrogen and oxygen atoms in total. The molecule has 26 heavy (non-hydrogen) atoms. The highest BCUT2D eigenvalue weighted by molar-refractivity contribution is 8.38. The molecule has 0 saturated carbocycles. The minimum atomic E-state index is -0.742. The van der Waals surface area contributed by atoms with Crippen molar-refractivity contribution < 1.29 is 4.79 Å². The molecule has 0 fully saturated rings. The summed E-state index contributed by atoms with van der Waals surface area (Å²) in [6.07, 6.45) is 0.658. The summed E-state index contributed by atoms with van der Waals surface area (Å²) in [5.41, 5.74) is 6.48. The largest absolute Gasteiger partial charge is 0.384 e. The quantitative estimate of drug-likeness (QED) is 0.759. The number of hydrogen-bond donors (Lipinski definition) is 2. The number of nitrogens with two attached hydrogens (primary N) is 1. The van der Waals surface area contributed by atoms with E-state index in [0.717, 1.165) is 21.4 Å². The van der Waals surface area contributed by atoms with Gasteiger partial charge in [-0.1, -0.05) is 48.6 Å². The van der Waals surface area contributed by atoms with E-state index in [0.29, 0.717) is 13.0 Å². The molecule has 2 heterocycles. The molecule has 0 atom stereocenters. The third kappa shape index (κ3) is 3.78. The topological polar surface area (TPSA) is 110 Å². The number of nitrogens with zero attached hydrogens (tertiary/aromatic N) is 2. The predicted octanol–water partition coefficient (Wildman–Crippen LogP) is 2.38. The summed E-state index contributed by atoms with van der Waals surface area (Å²) in [6, 6.07) is 7.84. The molecule has 3 N–H and O–H groups in total. The zero-order valence-corrected chi connectivity index (χ0v) is 15.8. The van der Waals surface area contributed by atoms with E-state index in [4.69, 9.17) is 5.73 Å². The van der Waals surface area contributed by atoms with Gasteiger partial charge in [0.15, 0.2) is 5.78 Å². The van der Waals surface area contributed by atoms with E-state index in [1.165, 1.54) is 16.3 Å². The molecule has 0 aliphatic carbocycles. The number of thioether (sulfide) groups is 2. The zero-order valence-electron chi connectivity index (χ0n) is 14.2. The van der Waals surface area contributed by atoms with Crippen LogP contribution in [0.25, 0.3) is 0 Å².